The molecule has 28 heavy (non-hydrogen) atoms. The van der Waals surface area contributed by atoms with Gasteiger partial charge in [-0.05, 0) is 23.3 Å². The first kappa shape index (κ1) is 18.1. The van der Waals surface area contributed by atoms with Gasteiger partial charge in [0.25, 0.3) is 0 Å². The number of para-hydroxylation sites is 1. The zero-order valence-corrected chi connectivity index (χ0v) is 15.3. The monoisotopic (exact) mass is 370 g/mol. The minimum absolute atomic E-state index is 0.0198. The van der Waals surface area contributed by atoms with Crippen LogP contribution in [0.2, 0.25) is 0 Å². The highest BCUT2D eigenvalue weighted by atomic mass is 16.1. The third-order valence-electron chi connectivity index (χ3n) is 4.68. The lowest BCUT2D eigenvalue weighted by atomic mass is 9.96. The summed E-state index contributed by atoms with van der Waals surface area (Å²) in [5.74, 6) is -0.0198. The summed E-state index contributed by atoms with van der Waals surface area (Å²) in [6, 6.07) is 29.1. The number of hydrogen-bond acceptors (Lipinski definition) is 5. The number of rotatable bonds is 6. The summed E-state index contributed by atoms with van der Waals surface area (Å²) in [7, 11) is 0. The fourth-order valence-corrected chi connectivity index (χ4v) is 3.25. The molecule has 5 heteroatoms. The third kappa shape index (κ3) is 4.18. The zero-order chi connectivity index (χ0) is 19.2. The summed E-state index contributed by atoms with van der Waals surface area (Å²) in [6.07, 6.45) is 1.67. The van der Waals surface area contributed by atoms with E-state index in [4.69, 9.17) is 0 Å². The van der Waals surface area contributed by atoms with Crippen molar-refractivity contribution in [2.24, 2.45) is 0 Å². The third-order valence-corrected chi connectivity index (χ3v) is 4.68. The first-order chi connectivity index (χ1) is 13.8. The molecule has 1 aliphatic rings. The second-order valence-corrected chi connectivity index (χ2v) is 6.60. The summed E-state index contributed by atoms with van der Waals surface area (Å²) in [5, 5.41) is 3.38. The fraction of sp³-hybridized carbons (Fsp3) is 0.0870. The maximum atomic E-state index is 13.1. The van der Waals surface area contributed by atoms with Crippen LogP contribution in [0.1, 0.15) is 17.2 Å². The smallest absolute Gasteiger partial charge is 0.178 e. The van der Waals surface area contributed by atoms with Gasteiger partial charge in [-0.15, -0.1) is 0 Å². The van der Waals surface area contributed by atoms with E-state index in [1.54, 1.807) is 6.08 Å². The lowest BCUT2D eigenvalue weighted by molar-refractivity contribution is -0.116. The Morgan fingerprint density at radius 3 is 2.07 bits per heavy atom. The number of carbonyl (C=O) groups excluding carboxylic acids is 1. The maximum absolute atomic E-state index is 13.1. The van der Waals surface area contributed by atoms with Crippen LogP contribution in [-0.2, 0) is 4.79 Å². The highest BCUT2D eigenvalue weighted by molar-refractivity contribution is 6.02. The molecule has 4 rings (SSSR count). The Balaban J connectivity index is 1.63. The Labute approximate surface area is 164 Å². The molecule has 0 bridgehead atoms. The Morgan fingerprint density at radius 1 is 0.786 bits per heavy atom. The van der Waals surface area contributed by atoms with Crippen molar-refractivity contribution in [1.29, 1.82) is 0 Å². The van der Waals surface area contributed by atoms with E-state index in [0.29, 0.717) is 0 Å². The van der Waals surface area contributed by atoms with Gasteiger partial charge in [0, 0.05) is 17.5 Å². The normalized spacial score (nSPS) is 19.4. The Kier molecular flexibility index (Phi) is 5.58. The van der Waals surface area contributed by atoms with Gasteiger partial charge in [-0.25, -0.2) is 10.9 Å². The van der Waals surface area contributed by atoms with Crippen molar-refractivity contribution in [3.8, 4) is 0 Å². The average molecular weight is 370 g/mol. The van der Waals surface area contributed by atoms with Crippen molar-refractivity contribution in [3.05, 3.63) is 108 Å². The number of ketones is 1. The fourth-order valence-electron chi connectivity index (χ4n) is 3.25. The maximum Gasteiger partial charge on any atom is 0.178 e. The minimum Gasteiger partial charge on any atom is -0.355 e. The average Bonchev–Trinajstić information content (AvgIpc) is 3.25. The van der Waals surface area contributed by atoms with Crippen molar-refractivity contribution in [2.45, 2.75) is 12.1 Å². The molecule has 5 nitrogen and oxygen atoms in total. The number of hydrogen-bond donors (Lipinski definition) is 4. The molecule has 0 radical (unpaired) electrons. The highest BCUT2D eigenvalue weighted by Crippen LogP contribution is 2.23. The van der Waals surface area contributed by atoms with Gasteiger partial charge in [-0.3, -0.25) is 4.79 Å². The van der Waals surface area contributed by atoms with E-state index in [-0.39, 0.29) is 11.8 Å². The van der Waals surface area contributed by atoms with Crippen LogP contribution in [0.25, 0.3) is 5.70 Å². The number of anilines is 1. The number of hydrazine groups is 2. The Bertz CT molecular complexity index is 942. The predicted octanol–water partition coefficient (Wildman–Crippen LogP) is 3.43. The largest absolute Gasteiger partial charge is 0.355 e. The summed E-state index contributed by atoms with van der Waals surface area (Å²) in [6.45, 7) is 0. The van der Waals surface area contributed by atoms with Gasteiger partial charge in [-0.2, -0.15) is 5.53 Å². The molecule has 0 saturated carbocycles. The highest BCUT2D eigenvalue weighted by Gasteiger charge is 2.32. The molecule has 1 fully saturated rings. The topological polar surface area (TPSA) is 65.2 Å². The summed E-state index contributed by atoms with van der Waals surface area (Å²) < 4.78 is 0. The quantitative estimate of drug-likeness (QED) is 0.501. The molecule has 1 saturated heterocycles. The first-order valence-electron chi connectivity index (χ1n) is 9.25. The van der Waals surface area contributed by atoms with E-state index < -0.39 is 6.04 Å². The van der Waals surface area contributed by atoms with Gasteiger partial charge in [0.1, 0.15) is 6.04 Å². The number of nitrogens with one attached hydrogen (secondary N) is 4. The molecule has 140 valence electrons. The van der Waals surface area contributed by atoms with Crippen LogP contribution < -0.4 is 21.7 Å². The molecule has 1 heterocycles. The van der Waals surface area contributed by atoms with Gasteiger partial charge in [0.2, 0.25) is 0 Å². The van der Waals surface area contributed by atoms with Crippen molar-refractivity contribution in [3.63, 3.8) is 0 Å². The van der Waals surface area contributed by atoms with Crippen molar-refractivity contribution < 1.29 is 4.79 Å². The standard InChI is InChI=1S/C23H22N4O/c28-21(23-22(25-27-26-23)18-12-6-2-7-13-18)16-20(17-10-4-1-5-11-17)24-19-14-8-3-9-15-19/h1-16,22-27H/b20-16+. The van der Waals surface area contributed by atoms with Crippen LogP contribution in [-0.4, -0.2) is 11.8 Å². The van der Waals surface area contributed by atoms with E-state index in [1.165, 1.54) is 0 Å². The van der Waals surface area contributed by atoms with Crippen LogP contribution in [0.5, 0.6) is 0 Å². The zero-order valence-electron chi connectivity index (χ0n) is 15.3. The molecule has 2 unspecified atom stereocenters. The second kappa shape index (κ2) is 8.63. The molecule has 0 spiro atoms. The molecule has 3 aromatic carbocycles. The van der Waals surface area contributed by atoms with Crippen LogP contribution in [0.3, 0.4) is 0 Å². The molecule has 4 N–H and O–H groups in total. The molecule has 0 aliphatic carbocycles. The minimum atomic E-state index is -0.418. The molecule has 0 amide bonds. The second-order valence-electron chi connectivity index (χ2n) is 6.60. The Hall–Kier alpha value is -3.25. The van der Waals surface area contributed by atoms with E-state index in [2.05, 4.69) is 21.7 Å². The van der Waals surface area contributed by atoms with E-state index >= 15 is 0 Å². The SMILES string of the molecule is O=C(/C=C(/Nc1ccccc1)c1ccccc1)C1NNNC1c1ccccc1. The van der Waals surface area contributed by atoms with Crippen LogP contribution in [0, 0.1) is 0 Å². The molecule has 0 aromatic heterocycles. The van der Waals surface area contributed by atoms with Gasteiger partial charge in [0.05, 0.1) is 6.04 Å². The molecular formula is C23H22N4O. The predicted molar refractivity (Wildman–Crippen MR) is 112 cm³/mol. The van der Waals surface area contributed by atoms with Gasteiger partial charge < -0.3 is 5.32 Å². The van der Waals surface area contributed by atoms with E-state index in [9.17, 15) is 4.79 Å². The molecular weight excluding hydrogens is 348 g/mol. The van der Waals surface area contributed by atoms with Gasteiger partial charge >= 0.3 is 0 Å². The van der Waals surface area contributed by atoms with Crippen LogP contribution in [0.4, 0.5) is 5.69 Å². The molecule has 2 atom stereocenters. The van der Waals surface area contributed by atoms with E-state index in [1.807, 2.05) is 91.0 Å². The number of benzene rings is 3. The van der Waals surface area contributed by atoms with Crippen molar-refractivity contribution >= 4 is 17.2 Å². The molecule has 1 aliphatic heterocycles. The van der Waals surface area contributed by atoms with Crippen molar-refractivity contribution in [1.82, 2.24) is 16.4 Å². The summed E-state index contributed by atoms with van der Waals surface area (Å²) in [4.78, 5) is 13.1. The first-order valence-corrected chi connectivity index (χ1v) is 9.25. The van der Waals surface area contributed by atoms with Gasteiger partial charge in [-0.1, -0.05) is 78.9 Å². The Morgan fingerprint density at radius 2 is 1.39 bits per heavy atom. The van der Waals surface area contributed by atoms with E-state index in [0.717, 1.165) is 22.5 Å². The lowest BCUT2D eigenvalue weighted by Crippen LogP contribution is -2.37. The van der Waals surface area contributed by atoms with Crippen molar-refractivity contribution in [2.75, 3.05) is 5.32 Å². The lowest BCUT2D eigenvalue weighted by Gasteiger charge is -2.17. The molecule has 3 aromatic rings. The van der Waals surface area contributed by atoms with Crippen LogP contribution >= 0.6 is 0 Å². The summed E-state index contributed by atoms with van der Waals surface area (Å²) >= 11 is 0. The van der Waals surface area contributed by atoms with Crippen LogP contribution in [0.15, 0.2) is 97.1 Å². The number of carbonyl (C=O) groups is 1. The summed E-state index contributed by atoms with van der Waals surface area (Å²) in [5.41, 5.74) is 12.8. The van der Waals surface area contributed by atoms with Gasteiger partial charge in [0.15, 0.2) is 5.78 Å².